The fourth-order valence-electron chi connectivity index (χ4n) is 1.66. The average molecular weight is 218 g/mol. The number of rotatable bonds is 10. The van der Waals surface area contributed by atoms with E-state index in [0.717, 1.165) is 12.8 Å². The molecule has 0 heterocycles. The Bertz CT molecular complexity index is 138. The van der Waals surface area contributed by atoms with Gasteiger partial charge in [-0.1, -0.05) is 45.4 Å². The van der Waals surface area contributed by atoms with E-state index in [1.807, 2.05) is 0 Å². The van der Waals surface area contributed by atoms with Gasteiger partial charge in [-0.05, 0) is 18.2 Å². The molecular formula is C12H28NO2+. The highest BCUT2D eigenvalue weighted by Gasteiger charge is 2.17. The molecule has 0 aromatic heterocycles. The lowest BCUT2D eigenvalue weighted by Gasteiger charge is -2.18. The summed E-state index contributed by atoms with van der Waals surface area (Å²) in [5.41, 5.74) is 0. The second kappa shape index (κ2) is 9.13. The van der Waals surface area contributed by atoms with Crippen molar-refractivity contribution in [2.75, 3.05) is 13.1 Å². The Labute approximate surface area is 94.2 Å². The third-order valence-electron chi connectivity index (χ3n) is 2.88. The van der Waals surface area contributed by atoms with Crippen molar-refractivity contribution in [1.82, 2.24) is 0 Å². The van der Waals surface area contributed by atoms with Gasteiger partial charge in [0.05, 0.1) is 0 Å². The summed E-state index contributed by atoms with van der Waals surface area (Å²) >= 11 is 0. The lowest BCUT2D eigenvalue weighted by Crippen LogP contribution is -2.41. The third kappa shape index (κ3) is 10.2. The Morgan fingerprint density at radius 3 is 1.67 bits per heavy atom. The summed E-state index contributed by atoms with van der Waals surface area (Å²) in [5.74, 6) is 0. The predicted octanol–water partition coefficient (Wildman–Crippen LogP) is 3.74. The van der Waals surface area contributed by atoms with Gasteiger partial charge in [-0.2, -0.15) is 10.4 Å². The van der Waals surface area contributed by atoms with Gasteiger partial charge < -0.3 is 0 Å². The zero-order valence-electron chi connectivity index (χ0n) is 10.4. The molecule has 0 amide bonds. The molecule has 0 bridgehead atoms. The zero-order valence-corrected chi connectivity index (χ0v) is 10.4. The fourth-order valence-corrected chi connectivity index (χ4v) is 1.66. The molecular weight excluding hydrogens is 190 g/mol. The molecule has 2 N–H and O–H groups in total. The van der Waals surface area contributed by atoms with Crippen molar-refractivity contribution in [2.24, 2.45) is 0 Å². The fraction of sp³-hybridized carbons (Fsp3) is 1.00. The van der Waals surface area contributed by atoms with Gasteiger partial charge in [0.2, 0.25) is 0 Å². The van der Waals surface area contributed by atoms with E-state index in [9.17, 15) is 10.4 Å². The normalized spacial score (nSPS) is 12.0. The number of hydrogen-bond acceptors (Lipinski definition) is 2. The lowest BCUT2D eigenvalue weighted by atomic mass is 10.1. The minimum atomic E-state index is -0.810. The number of unbranched alkanes of at least 4 members (excludes halogenated alkanes) is 7. The summed E-state index contributed by atoms with van der Waals surface area (Å²) < 4.78 is 0. The van der Waals surface area contributed by atoms with Crippen molar-refractivity contribution >= 4 is 0 Å². The van der Waals surface area contributed by atoms with E-state index in [0.29, 0.717) is 13.1 Å². The van der Waals surface area contributed by atoms with Crippen LogP contribution in [-0.4, -0.2) is 28.3 Å². The van der Waals surface area contributed by atoms with Crippen LogP contribution in [0.15, 0.2) is 0 Å². The third-order valence-corrected chi connectivity index (χ3v) is 2.88. The lowest BCUT2D eigenvalue weighted by molar-refractivity contribution is -1.24. The molecule has 0 atom stereocenters. The van der Waals surface area contributed by atoms with Crippen LogP contribution in [0.4, 0.5) is 0 Å². The summed E-state index contributed by atoms with van der Waals surface area (Å²) in [5, 5.41) is 18.6. The van der Waals surface area contributed by atoms with Crippen LogP contribution in [0.3, 0.4) is 0 Å². The highest BCUT2D eigenvalue weighted by Crippen LogP contribution is 2.09. The standard InChI is InChI=1S/C12H28NO2/c1-3-5-6-7-8-9-10-11-12-13(14,15)4-2/h14-15H,3-12H2,1-2H3/q+1. The van der Waals surface area contributed by atoms with Gasteiger partial charge in [-0.25, -0.2) is 0 Å². The first-order valence-electron chi connectivity index (χ1n) is 6.45. The smallest absolute Gasteiger partial charge is 0.142 e. The van der Waals surface area contributed by atoms with Crippen LogP contribution >= 0.6 is 0 Å². The van der Waals surface area contributed by atoms with Crippen molar-refractivity contribution < 1.29 is 15.2 Å². The number of hydroxylamine groups is 4. The average Bonchev–Trinajstić information content (AvgIpc) is 2.22. The van der Waals surface area contributed by atoms with Gasteiger partial charge in [-0.3, -0.25) is 0 Å². The van der Waals surface area contributed by atoms with Gasteiger partial charge in [0.25, 0.3) is 0 Å². The molecule has 0 rings (SSSR count). The summed E-state index contributed by atoms with van der Waals surface area (Å²) in [6.45, 7) is 4.84. The van der Waals surface area contributed by atoms with Gasteiger partial charge in [-0.15, -0.1) is 0 Å². The highest BCUT2D eigenvalue weighted by atomic mass is 16.8. The second-order valence-electron chi connectivity index (χ2n) is 4.39. The van der Waals surface area contributed by atoms with Gasteiger partial charge in [0.15, 0.2) is 0 Å². The largest absolute Gasteiger partial charge is 0.182 e. The molecule has 3 heteroatoms. The predicted molar refractivity (Wildman–Crippen MR) is 61.9 cm³/mol. The molecule has 0 aromatic rings. The molecule has 0 spiro atoms. The highest BCUT2D eigenvalue weighted by molar-refractivity contribution is 4.45. The van der Waals surface area contributed by atoms with Gasteiger partial charge in [0, 0.05) is 6.42 Å². The number of hydrogen-bond donors (Lipinski definition) is 2. The molecule has 15 heavy (non-hydrogen) atoms. The van der Waals surface area contributed by atoms with E-state index in [-0.39, 0.29) is 0 Å². The molecule has 0 unspecified atom stereocenters. The van der Waals surface area contributed by atoms with Crippen LogP contribution in [0.1, 0.15) is 65.2 Å². The first kappa shape index (κ1) is 14.9. The van der Waals surface area contributed by atoms with E-state index in [1.165, 1.54) is 38.5 Å². The maximum atomic E-state index is 9.29. The van der Waals surface area contributed by atoms with Crippen LogP contribution in [0.5, 0.6) is 0 Å². The van der Waals surface area contributed by atoms with Gasteiger partial charge in [0.1, 0.15) is 13.1 Å². The quantitative estimate of drug-likeness (QED) is 0.333. The van der Waals surface area contributed by atoms with Crippen molar-refractivity contribution in [3.8, 4) is 0 Å². The Hall–Kier alpha value is -0.120. The second-order valence-corrected chi connectivity index (χ2v) is 4.39. The molecule has 0 aliphatic carbocycles. The van der Waals surface area contributed by atoms with Crippen LogP contribution in [0, 0.1) is 0 Å². The zero-order chi connectivity index (χ0) is 11.6. The van der Waals surface area contributed by atoms with E-state index >= 15 is 0 Å². The van der Waals surface area contributed by atoms with Crippen molar-refractivity contribution in [2.45, 2.75) is 65.2 Å². The number of nitrogens with zero attached hydrogens (tertiary/aromatic N) is 1. The Balaban J connectivity index is 3.11. The molecule has 0 saturated carbocycles. The maximum Gasteiger partial charge on any atom is 0.142 e. The first-order chi connectivity index (χ1) is 7.12. The number of quaternary nitrogens is 1. The van der Waals surface area contributed by atoms with Crippen molar-refractivity contribution in [3.63, 3.8) is 0 Å². The molecule has 92 valence electrons. The van der Waals surface area contributed by atoms with Gasteiger partial charge >= 0.3 is 0 Å². The molecule has 0 aliphatic rings. The maximum absolute atomic E-state index is 9.29. The molecule has 3 nitrogen and oxygen atoms in total. The first-order valence-corrected chi connectivity index (χ1v) is 6.45. The van der Waals surface area contributed by atoms with Crippen molar-refractivity contribution in [3.05, 3.63) is 0 Å². The summed E-state index contributed by atoms with van der Waals surface area (Å²) in [7, 11) is 0. The minimum absolute atomic E-state index is 0.372. The summed E-state index contributed by atoms with van der Waals surface area (Å²) in [6, 6.07) is 0. The molecule has 0 saturated heterocycles. The molecule has 0 aliphatic heterocycles. The molecule has 0 radical (unpaired) electrons. The Kier molecular flexibility index (Phi) is 9.06. The minimum Gasteiger partial charge on any atom is -0.182 e. The van der Waals surface area contributed by atoms with Crippen molar-refractivity contribution in [1.29, 1.82) is 0 Å². The van der Waals surface area contributed by atoms with Crippen LogP contribution in [-0.2, 0) is 0 Å². The van der Waals surface area contributed by atoms with Crippen LogP contribution in [0.2, 0.25) is 0 Å². The SMILES string of the molecule is CCCCCCCCCC[N+](O)(O)CC. The van der Waals surface area contributed by atoms with Crippen LogP contribution in [0.25, 0.3) is 0 Å². The van der Waals surface area contributed by atoms with Crippen LogP contribution < -0.4 is 0 Å². The topological polar surface area (TPSA) is 40.5 Å². The Morgan fingerprint density at radius 1 is 0.733 bits per heavy atom. The Morgan fingerprint density at radius 2 is 1.20 bits per heavy atom. The molecule has 0 fully saturated rings. The molecule has 0 aromatic carbocycles. The summed E-state index contributed by atoms with van der Waals surface area (Å²) in [6.07, 6.45) is 9.89. The van der Waals surface area contributed by atoms with E-state index in [2.05, 4.69) is 6.92 Å². The van der Waals surface area contributed by atoms with E-state index < -0.39 is 4.81 Å². The summed E-state index contributed by atoms with van der Waals surface area (Å²) in [4.78, 5) is -0.810. The van der Waals surface area contributed by atoms with E-state index in [1.54, 1.807) is 6.92 Å². The monoisotopic (exact) mass is 218 g/mol. The van der Waals surface area contributed by atoms with E-state index in [4.69, 9.17) is 0 Å².